The number of carbonyl (C=O) groups is 5. The number of aliphatic imine (C=N–C) groups is 1. The number of carboxylic acid groups (broad SMARTS) is 2. The van der Waals surface area contributed by atoms with E-state index in [9.17, 15) is 34.2 Å². The van der Waals surface area contributed by atoms with Crippen molar-refractivity contribution in [3.8, 4) is 0 Å². The van der Waals surface area contributed by atoms with Gasteiger partial charge in [0.05, 0.1) is 12.5 Å². The summed E-state index contributed by atoms with van der Waals surface area (Å²) in [6.45, 7) is 3.52. The van der Waals surface area contributed by atoms with Crippen molar-refractivity contribution < 1.29 is 34.2 Å². The molecule has 0 saturated heterocycles. The fourth-order valence-electron chi connectivity index (χ4n) is 3.99. The Morgan fingerprint density at radius 3 is 2.15 bits per heavy atom. The number of hydrogen-bond acceptors (Lipinski definition) is 7. The highest BCUT2D eigenvalue weighted by atomic mass is 16.4. The summed E-state index contributed by atoms with van der Waals surface area (Å²) in [5.41, 5.74) is 17.8. The van der Waals surface area contributed by atoms with Gasteiger partial charge in [-0.25, -0.2) is 4.79 Å². The number of fused-ring (bicyclic) bond motifs is 1. The van der Waals surface area contributed by atoms with Gasteiger partial charge < -0.3 is 48.3 Å². The van der Waals surface area contributed by atoms with E-state index in [1.54, 1.807) is 26.1 Å². The predicted molar refractivity (Wildman–Crippen MR) is 150 cm³/mol. The molecule has 12 N–H and O–H groups in total. The van der Waals surface area contributed by atoms with Crippen molar-refractivity contribution in [2.24, 2.45) is 28.1 Å². The number of H-pyrrole nitrogens is 1. The molecule has 1 aromatic carbocycles. The van der Waals surface area contributed by atoms with E-state index in [4.69, 9.17) is 17.2 Å². The van der Waals surface area contributed by atoms with Crippen LogP contribution in [-0.4, -0.2) is 81.5 Å². The molecule has 3 amide bonds. The van der Waals surface area contributed by atoms with E-state index in [2.05, 4.69) is 25.9 Å². The summed E-state index contributed by atoms with van der Waals surface area (Å²) >= 11 is 0. The van der Waals surface area contributed by atoms with Crippen LogP contribution < -0.4 is 33.2 Å². The van der Waals surface area contributed by atoms with Crippen LogP contribution in [0.2, 0.25) is 0 Å². The number of benzene rings is 1. The van der Waals surface area contributed by atoms with Gasteiger partial charge >= 0.3 is 11.9 Å². The van der Waals surface area contributed by atoms with E-state index < -0.39 is 60.2 Å². The maximum absolute atomic E-state index is 13.4. The lowest BCUT2D eigenvalue weighted by Gasteiger charge is -2.25. The van der Waals surface area contributed by atoms with Crippen LogP contribution in [0, 0.1) is 5.92 Å². The third-order valence-corrected chi connectivity index (χ3v) is 6.32. The molecule has 0 aliphatic heterocycles. The van der Waals surface area contributed by atoms with Gasteiger partial charge in [-0.2, -0.15) is 0 Å². The summed E-state index contributed by atoms with van der Waals surface area (Å²) in [7, 11) is 0. The first-order valence-corrected chi connectivity index (χ1v) is 13.0. The number of nitrogens with one attached hydrogen (secondary N) is 4. The molecular formula is C26H38N8O7. The molecule has 1 heterocycles. The van der Waals surface area contributed by atoms with Gasteiger partial charge in [0.2, 0.25) is 17.7 Å². The molecule has 4 atom stereocenters. The van der Waals surface area contributed by atoms with Crippen molar-refractivity contribution in [3.05, 3.63) is 36.0 Å². The maximum Gasteiger partial charge on any atom is 0.326 e. The van der Waals surface area contributed by atoms with Crippen LogP contribution in [0.3, 0.4) is 0 Å². The average Bonchev–Trinajstić information content (AvgIpc) is 3.31. The zero-order valence-electron chi connectivity index (χ0n) is 22.9. The lowest BCUT2D eigenvalue weighted by atomic mass is 10.0. The minimum Gasteiger partial charge on any atom is -0.481 e. The van der Waals surface area contributed by atoms with Gasteiger partial charge in [0.1, 0.15) is 18.1 Å². The number of aromatic nitrogens is 1. The fraction of sp³-hybridized carbons (Fsp3) is 0.462. The Kier molecular flexibility index (Phi) is 12.1. The second kappa shape index (κ2) is 15.2. The average molecular weight is 575 g/mol. The number of amides is 3. The van der Waals surface area contributed by atoms with Crippen molar-refractivity contribution in [2.75, 3.05) is 6.54 Å². The summed E-state index contributed by atoms with van der Waals surface area (Å²) in [6.07, 6.45) is 1.06. The van der Waals surface area contributed by atoms with Crippen LogP contribution in [0.5, 0.6) is 0 Å². The van der Waals surface area contributed by atoms with Crippen LogP contribution in [0.25, 0.3) is 10.9 Å². The molecule has 0 aliphatic rings. The SMILES string of the molecule is CC(C)C(N)C(=O)NC(CC(=O)O)C(=O)NC(Cc1c[nH]c2ccccc12)C(=O)NC(CCCN=C(N)N)C(=O)O. The van der Waals surface area contributed by atoms with E-state index in [-0.39, 0.29) is 37.7 Å². The number of guanidine groups is 1. The summed E-state index contributed by atoms with van der Waals surface area (Å²) < 4.78 is 0. The summed E-state index contributed by atoms with van der Waals surface area (Å²) in [4.78, 5) is 69.3. The van der Waals surface area contributed by atoms with Crippen molar-refractivity contribution in [1.82, 2.24) is 20.9 Å². The van der Waals surface area contributed by atoms with Gasteiger partial charge in [0, 0.05) is 30.1 Å². The van der Waals surface area contributed by atoms with Crippen LogP contribution in [0.15, 0.2) is 35.5 Å². The number of carboxylic acids is 2. The Morgan fingerprint density at radius 2 is 1.54 bits per heavy atom. The minimum atomic E-state index is -1.54. The molecule has 0 aliphatic carbocycles. The highest BCUT2D eigenvalue weighted by Crippen LogP contribution is 2.19. The first-order valence-electron chi connectivity index (χ1n) is 13.0. The lowest BCUT2D eigenvalue weighted by Crippen LogP contribution is -2.58. The van der Waals surface area contributed by atoms with E-state index in [0.717, 1.165) is 10.9 Å². The highest BCUT2D eigenvalue weighted by molar-refractivity contribution is 5.96. The normalized spacial score (nSPS) is 14.0. The number of nitrogens with zero attached hydrogens (tertiary/aromatic N) is 1. The number of rotatable bonds is 16. The predicted octanol–water partition coefficient (Wildman–Crippen LogP) is -1.24. The number of para-hydroxylation sites is 1. The molecule has 41 heavy (non-hydrogen) atoms. The highest BCUT2D eigenvalue weighted by Gasteiger charge is 2.32. The number of aliphatic carboxylic acids is 2. The van der Waals surface area contributed by atoms with Gasteiger partial charge in [0.25, 0.3) is 0 Å². The molecule has 0 fully saturated rings. The standard InChI is InChI=1S/C26H38N8O7/c1-13(2)21(27)24(39)34-19(11-20(35)36)23(38)33-18(10-14-12-31-16-7-4-3-6-15(14)16)22(37)32-17(25(40)41)8-5-9-30-26(28)29/h3-4,6-7,12-13,17-19,21,31H,5,8-11,27H2,1-2H3,(H,32,37)(H,33,38)(H,34,39)(H,35,36)(H,40,41)(H4,28,29,30). The molecular weight excluding hydrogens is 536 g/mol. The van der Waals surface area contributed by atoms with Crippen LogP contribution in [0.4, 0.5) is 0 Å². The molecule has 0 saturated carbocycles. The molecule has 2 rings (SSSR count). The van der Waals surface area contributed by atoms with E-state index in [1.807, 2.05) is 18.2 Å². The van der Waals surface area contributed by atoms with E-state index in [1.165, 1.54) is 0 Å². The van der Waals surface area contributed by atoms with Crippen LogP contribution in [0.1, 0.15) is 38.7 Å². The second-order valence-electron chi connectivity index (χ2n) is 9.90. The summed E-state index contributed by atoms with van der Waals surface area (Å²) in [5, 5.41) is 27.0. The largest absolute Gasteiger partial charge is 0.481 e. The lowest BCUT2D eigenvalue weighted by molar-refractivity contribution is -0.143. The number of carbonyl (C=O) groups excluding carboxylic acids is 3. The van der Waals surface area contributed by atoms with E-state index in [0.29, 0.717) is 5.56 Å². The van der Waals surface area contributed by atoms with Crippen LogP contribution >= 0.6 is 0 Å². The van der Waals surface area contributed by atoms with Gasteiger partial charge in [-0.1, -0.05) is 32.0 Å². The molecule has 224 valence electrons. The summed E-state index contributed by atoms with van der Waals surface area (Å²) in [5.74, 6) is -5.62. The third-order valence-electron chi connectivity index (χ3n) is 6.32. The minimum absolute atomic E-state index is 0.00358. The molecule has 2 aromatic rings. The molecule has 0 radical (unpaired) electrons. The zero-order chi connectivity index (χ0) is 30.7. The van der Waals surface area contributed by atoms with Gasteiger partial charge in [-0.05, 0) is 30.4 Å². The smallest absolute Gasteiger partial charge is 0.326 e. The first kappa shape index (κ1) is 32.6. The Balaban J connectivity index is 2.31. The van der Waals surface area contributed by atoms with Gasteiger partial charge in [-0.3, -0.25) is 24.2 Å². The fourth-order valence-corrected chi connectivity index (χ4v) is 3.99. The van der Waals surface area contributed by atoms with Crippen LogP contribution in [-0.2, 0) is 30.4 Å². The molecule has 1 aromatic heterocycles. The monoisotopic (exact) mass is 574 g/mol. The van der Waals surface area contributed by atoms with Crippen molar-refractivity contribution in [3.63, 3.8) is 0 Å². The maximum atomic E-state index is 13.4. The molecule has 15 nitrogen and oxygen atoms in total. The number of nitrogens with two attached hydrogens (primary N) is 3. The molecule has 0 spiro atoms. The Morgan fingerprint density at radius 1 is 0.927 bits per heavy atom. The van der Waals surface area contributed by atoms with Crippen molar-refractivity contribution in [2.45, 2.75) is 63.7 Å². The molecule has 15 heteroatoms. The molecule has 4 unspecified atom stereocenters. The second-order valence-corrected chi connectivity index (χ2v) is 9.90. The summed E-state index contributed by atoms with van der Waals surface area (Å²) in [6, 6.07) is 2.04. The number of aromatic amines is 1. The van der Waals surface area contributed by atoms with Gasteiger partial charge in [-0.15, -0.1) is 0 Å². The Labute approximate surface area is 236 Å². The van der Waals surface area contributed by atoms with Crippen molar-refractivity contribution in [1.29, 1.82) is 0 Å². The van der Waals surface area contributed by atoms with Crippen molar-refractivity contribution >= 4 is 46.5 Å². The van der Waals surface area contributed by atoms with E-state index >= 15 is 0 Å². The third kappa shape index (κ3) is 10.1. The Bertz CT molecular complexity index is 1270. The quantitative estimate of drug-likeness (QED) is 0.0653. The number of hydrogen-bond donors (Lipinski definition) is 9. The molecule has 0 bridgehead atoms. The zero-order valence-corrected chi connectivity index (χ0v) is 22.9. The Hall–Kier alpha value is -4.66. The van der Waals surface area contributed by atoms with Gasteiger partial charge in [0.15, 0.2) is 5.96 Å². The topological polar surface area (TPSA) is 268 Å². The first-order chi connectivity index (χ1) is 19.3.